The molecule has 0 radical (unpaired) electrons. The smallest absolute Gasteiger partial charge is 0.238 e. The average Bonchev–Trinajstić information content (AvgIpc) is 3.33. The van der Waals surface area contributed by atoms with Crippen molar-refractivity contribution in [2.45, 2.75) is 44.9 Å². The Balaban J connectivity index is 1.66. The highest BCUT2D eigenvalue weighted by molar-refractivity contribution is 8.00. The minimum atomic E-state index is -0.131. The van der Waals surface area contributed by atoms with Crippen molar-refractivity contribution in [2.24, 2.45) is 5.92 Å². The molecule has 2 fully saturated rings. The molecule has 0 spiro atoms. The lowest BCUT2D eigenvalue weighted by atomic mass is 10.1. The highest BCUT2D eigenvalue weighted by Gasteiger charge is 2.36. The molecule has 2 aromatic rings. The van der Waals surface area contributed by atoms with E-state index in [1.807, 2.05) is 48.2 Å². The molecule has 5 heteroatoms. The van der Waals surface area contributed by atoms with Gasteiger partial charge in [0.1, 0.15) is 5.37 Å². The maximum atomic E-state index is 12.8. The quantitative estimate of drug-likeness (QED) is 0.774. The lowest BCUT2D eigenvalue weighted by molar-refractivity contribution is -0.119. The van der Waals surface area contributed by atoms with E-state index in [2.05, 4.69) is 18.3 Å². The Bertz CT molecular complexity index is 905. The van der Waals surface area contributed by atoms with Crippen LogP contribution >= 0.6 is 11.8 Å². The Morgan fingerprint density at radius 1 is 1.11 bits per heavy atom. The van der Waals surface area contributed by atoms with E-state index >= 15 is 0 Å². The number of rotatable bonds is 4. The normalized spacial score (nSPS) is 20.0. The number of anilines is 2. The summed E-state index contributed by atoms with van der Waals surface area (Å²) in [6.07, 6.45) is 4.21. The first kappa shape index (κ1) is 19.1. The summed E-state index contributed by atoms with van der Waals surface area (Å²) in [5, 5.41) is 3.02. The predicted molar refractivity (Wildman–Crippen MR) is 116 cm³/mol. The number of amides is 2. The second kappa shape index (κ2) is 8.00. The van der Waals surface area contributed by atoms with E-state index in [0.29, 0.717) is 5.75 Å². The molecule has 1 saturated heterocycles. The molecule has 0 bridgehead atoms. The summed E-state index contributed by atoms with van der Waals surface area (Å²) < 4.78 is 0. The number of carbonyl (C=O) groups is 2. The minimum absolute atomic E-state index is 0.109. The van der Waals surface area contributed by atoms with Crippen molar-refractivity contribution in [1.82, 2.24) is 0 Å². The fourth-order valence-corrected chi connectivity index (χ4v) is 5.44. The number of carbonyl (C=O) groups excluding carboxylic acids is 2. The van der Waals surface area contributed by atoms with Crippen LogP contribution in [0.3, 0.4) is 0 Å². The van der Waals surface area contributed by atoms with Crippen molar-refractivity contribution in [3.05, 3.63) is 59.2 Å². The first-order chi connectivity index (χ1) is 13.5. The van der Waals surface area contributed by atoms with Gasteiger partial charge in [-0.15, -0.1) is 11.8 Å². The zero-order valence-corrected chi connectivity index (χ0v) is 17.2. The molecule has 1 atom stereocenters. The average molecular weight is 395 g/mol. The molecule has 1 aliphatic heterocycles. The predicted octanol–water partition coefficient (Wildman–Crippen LogP) is 5.21. The standard InChI is InChI=1S/C23H26N2O2S/c1-15-11-12-20(16(2)13-15)25-21(26)14-28-23(25)18-9-5-6-10-19(18)24-22(27)17-7-3-4-8-17/h5-6,9-13,17,23H,3-4,7-8,14H2,1-2H3,(H,24,27)/t23-/m1/s1. The van der Waals surface area contributed by atoms with Crippen LogP contribution in [0, 0.1) is 19.8 Å². The summed E-state index contributed by atoms with van der Waals surface area (Å²) in [5.74, 6) is 0.778. The van der Waals surface area contributed by atoms with Gasteiger partial charge in [-0.05, 0) is 44.4 Å². The summed E-state index contributed by atoms with van der Waals surface area (Å²) in [4.78, 5) is 27.3. The van der Waals surface area contributed by atoms with E-state index in [4.69, 9.17) is 0 Å². The number of thioether (sulfide) groups is 1. The molecule has 4 nitrogen and oxygen atoms in total. The second-order valence-electron chi connectivity index (χ2n) is 7.77. The SMILES string of the molecule is Cc1ccc(N2C(=O)CS[C@@H]2c2ccccc2NC(=O)C2CCCC2)c(C)c1. The van der Waals surface area contributed by atoms with Crippen molar-refractivity contribution >= 4 is 35.0 Å². The third-order valence-electron chi connectivity index (χ3n) is 5.69. The third kappa shape index (κ3) is 3.68. The molecule has 1 heterocycles. The van der Waals surface area contributed by atoms with Gasteiger partial charge in [-0.2, -0.15) is 0 Å². The third-order valence-corrected chi connectivity index (χ3v) is 6.88. The van der Waals surface area contributed by atoms with Crippen LogP contribution in [-0.2, 0) is 9.59 Å². The largest absolute Gasteiger partial charge is 0.325 e. The number of hydrogen-bond donors (Lipinski definition) is 1. The lowest BCUT2D eigenvalue weighted by Gasteiger charge is -2.28. The maximum Gasteiger partial charge on any atom is 0.238 e. The van der Waals surface area contributed by atoms with Crippen LogP contribution in [0.4, 0.5) is 11.4 Å². The molecule has 1 aliphatic carbocycles. The summed E-state index contributed by atoms with van der Waals surface area (Å²) >= 11 is 1.62. The van der Waals surface area contributed by atoms with E-state index in [1.165, 1.54) is 5.56 Å². The molecule has 4 rings (SSSR count). The van der Waals surface area contributed by atoms with E-state index in [9.17, 15) is 9.59 Å². The Labute approximate surface area is 170 Å². The second-order valence-corrected chi connectivity index (χ2v) is 8.84. The molecule has 0 unspecified atom stereocenters. The number of para-hydroxylation sites is 1. The molecular formula is C23H26N2O2S. The molecule has 28 heavy (non-hydrogen) atoms. The molecule has 2 aromatic carbocycles. The zero-order chi connectivity index (χ0) is 19.7. The first-order valence-electron chi connectivity index (χ1n) is 9.95. The Morgan fingerprint density at radius 2 is 1.86 bits per heavy atom. The molecule has 1 saturated carbocycles. The Morgan fingerprint density at radius 3 is 2.61 bits per heavy atom. The highest BCUT2D eigenvalue weighted by Crippen LogP contribution is 2.45. The summed E-state index contributed by atoms with van der Waals surface area (Å²) in [6.45, 7) is 4.10. The van der Waals surface area contributed by atoms with Crippen LogP contribution in [0.25, 0.3) is 0 Å². The van der Waals surface area contributed by atoms with Crippen molar-refractivity contribution in [3.63, 3.8) is 0 Å². The van der Waals surface area contributed by atoms with Gasteiger partial charge in [0.05, 0.1) is 5.75 Å². The van der Waals surface area contributed by atoms with Gasteiger partial charge in [0.2, 0.25) is 11.8 Å². The van der Waals surface area contributed by atoms with Gasteiger partial charge in [0, 0.05) is 22.9 Å². The highest BCUT2D eigenvalue weighted by atomic mass is 32.2. The van der Waals surface area contributed by atoms with Gasteiger partial charge in [-0.25, -0.2) is 0 Å². The Hall–Kier alpha value is -2.27. The van der Waals surface area contributed by atoms with Crippen molar-refractivity contribution in [1.29, 1.82) is 0 Å². The van der Waals surface area contributed by atoms with Crippen molar-refractivity contribution in [2.75, 3.05) is 16.0 Å². The zero-order valence-electron chi connectivity index (χ0n) is 16.4. The van der Waals surface area contributed by atoms with E-state index in [1.54, 1.807) is 11.8 Å². The topological polar surface area (TPSA) is 49.4 Å². The van der Waals surface area contributed by atoms with Gasteiger partial charge in [-0.1, -0.05) is 48.7 Å². The Kier molecular flexibility index (Phi) is 5.44. The molecule has 2 aliphatic rings. The molecular weight excluding hydrogens is 368 g/mol. The van der Waals surface area contributed by atoms with E-state index in [-0.39, 0.29) is 23.1 Å². The van der Waals surface area contributed by atoms with Crippen LogP contribution in [0.1, 0.15) is 47.7 Å². The lowest BCUT2D eigenvalue weighted by Crippen LogP contribution is -2.29. The fourth-order valence-electron chi connectivity index (χ4n) is 4.24. The van der Waals surface area contributed by atoms with Gasteiger partial charge in [0.15, 0.2) is 0 Å². The van der Waals surface area contributed by atoms with Crippen LogP contribution in [0.5, 0.6) is 0 Å². The number of hydrogen-bond acceptors (Lipinski definition) is 3. The van der Waals surface area contributed by atoms with Crippen LogP contribution in [-0.4, -0.2) is 17.6 Å². The van der Waals surface area contributed by atoms with E-state index in [0.717, 1.165) is 48.2 Å². The van der Waals surface area contributed by atoms with Crippen LogP contribution in [0.2, 0.25) is 0 Å². The van der Waals surface area contributed by atoms with Crippen molar-refractivity contribution < 1.29 is 9.59 Å². The molecule has 0 aromatic heterocycles. The number of nitrogens with zero attached hydrogens (tertiary/aromatic N) is 1. The maximum absolute atomic E-state index is 12.8. The number of aryl methyl sites for hydroxylation is 2. The van der Waals surface area contributed by atoms with Gasteiger partial charge in [0.25, 0.3) is 0 Å². The number of nitrogens with one attached hydrogen (secondary N) is 1. The van der Waals surface area contributed by atoms with Crippen LogP contribution < -0.4 is 10.2 Å². The molecule has 146 valence electrons. The van der Waals surface area contributed by atoms with E-state index < -0.39 is 0 Å². The monoisotopic (exact) mass is 394 g/mol. The minimum Gasteiger partial charge on any atom is -0.325 e. The summed E-state index contributed by atoms with van der Waals surface area (Å²) in [6, 6.07) is 14.1. The van der Waals surface area contributed by atoms with Crippen molar-refractivity contribution in [3.8, 4) is 0 Å². The first-order valence-corrected chi connectivity index (χ1v) is 11.0. The van der Waals surface area contributed by atoms with Gasteiger partial charge >= 0.3 is 0 Å². The molecule has 2 amide bonds. The fraction of sp³-hybridized carbons (Fsp3) is 0.391. The summed E-state index contributed by atoms with van der Waals surface area (Å²) in [5.41, 5.74) is 5.03. The van der Waals surface area contributed by atoms with Crippen LogP contribution in [0.15, 0.2) is 42.5 Å². The van der Waals surface area contributed by atoms with Gasteiger partial charge in [-0.3, -0.25) is 14.5 Å². The number of benzene rings is 2. The summed E-state index contributed by atoms with van der Waals surface area (Å²) in [7, 11) is 0. The molecule has 1 N–H and O–H groups in total. The van der Waals surface area contributed by atoms with Gasteiger partial charge < -0.3 is 5.32 Å².